The molecule has 0 saturated heterocycles. The molecule has 1 aliphatic rings. The average molecular weight is 315 g/mol. The summed E-state index contributed by atoms with van der Waals surface area (Å²) in [5, 5.41) is 2.78. The van der Waals surface area contributed by atoms with Crippen molar-refractivity contribution >= 4 is 27.5 Å². The number of nitrogen functional groups attached to an aromatic ring is 1. The van der Waals surface area contributed by atoms with Crippen molar-refractivity contribution in [1.29, 1.82) is 0 Å². The van der Waals surface area contributed by atoms with Crippen molar-refractivity contribution in [2.24, 2.45) is 5.92 Å². The summed E-state index contributed by atoms with van der Waals surface area (Å²) in [6.07, 6.45) is 4.80. The summed E-state index contributed by atoms with van der Waals surface area (Å²) in [5.41, 5.74) is 6.18. The number of halogens is 2. The molecule has 0 unspecified atom stereocenters. The monoisotopic (exact) mass is 314 g/mol. The molecule has 18 heavy (non-hydrogen) atoms. The summed E-state index contributed by atoms with van der Waals surface area (Å²) in [7, 11) is 0. The Kier molecular flexibility index (Phi) is 4.22. The van der Waals surface area contributed by atoms with E-state index in [2.05, 4.69) is 21.2 Å². The molecule has 0 bridgehead atoms. The van der Waals surface area contributed by atoms with E-state index in [1.807, 2.05) is 0 Å². The third-order valence-corrected chi connectivity index (χ3v) is 4.01. The number of hydrogen-bond donors (Lipinski definition) is 2. The zero-order chi connectivity index (χ0) is 13.1. The van der Waals surface area contributed by atoms with Crippen molar-refractivity contribution < 1.29 is 9.18 Å². The fraction of sp³-hybridized carbons (Fsp3) is 0.462. The number of hydrogen-bond acceptors (Lipinski definition) is 2. The number of benzene rings is 1. The molecule has 1 amide bonds. The lowest BCUT2D eigenvalue weighted by molar-refractivity contribution is 0.0949. The summed E-state index contributed by atoms with van der Waals surface area (Å²) < 4.78 is 13.6. The van der Waals surface area contributed by atoms with Gasteiger partial charge in [-0.25, -0.2) is 4.39 Å². The minimum atomic E-state index is -0.478. The van der Waals surface area contributed by atoms with Crippen LogP contribution in [0, 0.1) is 11.7 Å². The van der Waals surface area contributed by atoms with E-state index in [1.54, 1.807) is 0 Å². The molecule has 1 saturated carbocycles. The van der Waals surface area contributed by atoms with Gasteiger partial charge in [0.25, 0.3) is 5.91 Å². The van der Waals surface area contributed by atoms with Gasteiger partial charge < -0.3 is 11.1 Å². The van der Waals surface area contributed by atoms with Gasteiger partial charge in [-0.3, -0.25) is 4.79 Å². The van der Waals surface area contributed by atoms with Crippen LogP contribution >= 0.6 is 15.9 Å². The largest absolute Gasteiger partial charge is 0.398 e. The molecule has 1 aliphatic carbocycles. The molecule has 3 nitrogen and oxygen atoms in total. The summed E-state index contributed by atoms with van der Waals surface area (Å²) in [5.74, 6) is -0.0455. The Morgan fingerprint density at radius 1 is 1.50 bits per heavy atom. The number of amides is 1. The van der Waals surface area contributed by atoms with Gasteiger partial charge in [-0.1, -0.05) is 19.3 Å². The molecule has 0 heterocycles. The summed E-state index contributed by atoms with van der Waals surface area (Å²) >= 11 is 3.03. The van der Waals surface area contributed by atoms with Gasteiger partial charge in [-0.05, 0) is 40.4 Å². The Labute approximate surface area is 114 Å². The maximum atomic E-state index is 13.4. The van der Waals surface area contributed by atoms with Gasteiger partial charge in [0.2, 0.25) is 0 Å². The van der Waals surface area contributed by atoms with Crippen LogP contribution in [0.15, 0.2) is 16.6 Å². The standard InChI is InChI=1S/C13H16BrFN2O/c14-10-7-12(16)9(6-11(10)15)13(18)17-5-4-8-2-1-3-8/h6-8H,1-5,16H2,(H,17,18). The lowest BCUT2D eigenvalue weighted by Crippen LogP contribution is -2.28. The number of rotatable bonds is 4. The Hall–Kier alpha value is -1.10. The van der Waals surface area contributed by atoms with E-state index in [0.29, 0.717) is 6.54 Å². The molecule has 1 aromatic rings. The van der Waals surface area contributed by atoms with E-state index in [4.69, 9.17) is 5.73 Å². The normalized spacial score (nSPS) is 15.2. The van der Waals surface area contributed by atoms with Gasteiger partial charge in [0.15, 0.2) is 0 Å². The van der Waals surface area contributed by atoms with Crippen molar-refractivity contribution in [3.8, 4) is 0 Å². The fourth-order valence-electron chi connectivity index (χ4n) is 2.03. The van der Waals surface area contributed by atoms with Crippen LogP contribution in [0.1, 0.15) is 36.0 Å². The van der Waals surface area contributed by atoms with Crippen molar-refractivity contribution in [1.82, 2.24) is 5.32 Å². The highest BCUT2D eigenvalue weighted by atomic mass is 79.9. The number of anilines is 1. The Morgan fingerprint density at radius 3 is 2.83 bits per heavy atom. The van der Waals surface area contributed by atoms with E-state index in [1.165, 1.54) is 25.3 Å². The van der Waals surface area contributed by atoms with Gasteiger partial charge >= 0.3 is 0 Å². The second-order valence-electron chi connectivity index (χ2n) is 4.70. The molecule has 1 fully saturated rings. The Bertz CT molecular complexity index is 461. The van der Waals surface area contributed by atoms with E-state index in [9.17, 15) is 9.18 Å². The third kappa shape index (κ3) is 3.02. The van der Waals surface area contributed by atoms with Crippen LogP contribution < -0.4 is 11.1 Å². The van der Waals surface area contributed by atoms with Crippen molar-refractivity contribution in [3.63, 3.8) is 0 Å². The first-order valence-corrected chi connectivity index (χ1v) is 6.90. The minimum absolute atomic E-state index is 0.198. The molecule has 3 N–H and O–H groups in total. The van der Waals surface area contributed by atoms with Crippen LogP contribution in [0.3, 0.4) is 0 Å². The molecule has 0 spiro atoms. The van der Waals surface area contributed by atoms with E-state index < -0.39 is 5.82 Å². The quantitative estimate of drug-likeness (QED) is 0.839. The molecule has 0 aliphatic heterocycles. The first kappa shape index (κ1) is 13.3. The molecule has 0 aromatic heterocycles. The van der Waals surface area contributed by atoms with Crippen LogP contribution in [0.5, 0.6) is 0 Å². The van der Waals surface area contributed by atoms with Gasteiger partial charge in [0, 0.05) is 12.2 Å². The molecule has 0 atom stereocenters. The minimum Gasteiger partial charge on any atom is -0.398 e. The van der Waals surface area contributed by atoms with Crippen LogP contribution in [0.25, 0.3) is 0 Å². The second-order valence-corrected chi connectivity index (χ2v) is 5.55. The molecule has 2 rings (SSSR count). The van der Waals surface area contributed by atoms with Crippen LogP contribution in [-0.4, -0.2) is 12.5 Å². The maximum Gasteiger partial charge on any atom is 0.253 e. The van der Waals surface area contributed by atoms with Gasteiger partial charge in [-0.2, -0.15) is 0 Å². The van der Waals surface area contributed by atoms with Crippen LogP contribution in [0.2, 0.25) is 0 Å². The van der Waals surface area contributed by atoms with Gasteiger partial charge in [-0.15, -0.1) is 0 Å². The SMILES string of the molecule is Nc1cc(Br)c(F)cc1C(=O)NCCC1CCC1. The van der Waals surface area contributed by atoms with Crippen molar-refractivity contribution in [2.45, 2.75) is 25.7 Å². The predicted octanol–water partition coefficient (Wildman–Crippen LogP) is 3.09. The summed E-state index contributed by atoms with van der Waals surface area (Å²) in [4.78, 5) is 11.8. The van der Waals surface area contributed by atoms with Crippen molar-refractivity contribution in [2.75, 3.05) is 12.3 Å². The van der Waals surface area contributed by atoms with E-state index in [-0.39, 0.29) is 21.6 Å². The number of carbonyl (C=O) groups is 1. The van der Waals surface area contributed by atoms with Crippen molar-refractivity contribution in [3.05, 3.63) is 28.0 Å². The number of nitrogens with one attached hydrogen (secondary N) is 1. The fourth-order valence-corrected chi connectivity index (χ4v) is 2.39. The summed E-state index contributed by atoms with van der Waals surface area (Å²) in [6, 6.07) is 2.58. The average Bonchev–Trinajstić information content (AvgIpc) is 2.26. The lowest BCUT2D eigenvalue weighted by atomic mass is 9.83. The topological polar surface area (TPSA) is 55.1 Å². The third-order valence-electron chi connectivity index (χ3n) is 3.40. The smallest absolute Gasteiger partial charge is 0.253 e. The highest BCUT2D eigenvalue weighted by molar-refractivity contribution is 9.10. The van der Waals surface area contributed by atoms with Crippen LogP contribution in [0.4, 0.5) is 10.1 Å². The molecule has 98 valence electrons. The zero-order valence-corrected chi connectivity index (χ0v) is 11.6. The first-order valence-electron chi connectivity index (χ1n) is 6.10. The maximum absolute atomic E-state index is 13.4. The lowest BCUT2D eigenvalue weighted by Gasteiger charge is -2.25. The number of carbonyl (C=O) groups excluding carboxylic acids is 1. The molecule has 5 heteroatoms. The number of nitrogens with two attached hydrogens (primary N) is 1. The highest BCUT2D eigenvalue weighted by Crippen LogP contribution is 2.28. The van der Waals surface area contributed by atoms with E-state index in [0.717, 1.165) is 18.4 Å². The Balaban J connectivity index is 1.93. The van der Waals surface area contributed by atoms with Crippen LogP contribution in [-0.2, 0) is 0 Å². The zero-order valence-electron chi connectivity index (χ0n) is 10.0. The van der Waals surface area contributed by atoms with E-state index >= 15 is 0 Å². The predicted molar refractivity (Wildman–Crippen MR) is 72.8 cm³/mol. The molecular weight excluding hydrogens is 299 g/mol. The molecular formula is C13H16BrFN2O. The first-order chi connectivity index (χ1) is 8.58. The molecule has 0 radical (unpaired) electrons. The van der Waals surface area contributed by atoms with Gasteiger partial charge in [0.05, 0.1) is 10.0 Å². The highest BCUT2D eigenvalue weighted by Gasteiger charge is 2.18. The molecule has 1 aromatic carbocycles. The second kappa shape index (κ2) is 5.69. The van der Waals surface area contributed by atoms with Gasteiger partial charge in [0.1, 0.15) is 5.82 Å². The Morgan fingerprint density at radius 2 is 2.22 bits per heavy atom. The summed E-state index contributed by atoms with van der Waals surface area (Å²) in [6.45, 7) is 0.626.